The van der Waals surface area contributed by atoms with Gasteiger partial charge in [-0.15, -0.1) is 11.3 Å². The smallest absolute Gasteiger partial charge is 0.295 e. The Morgan fingerprint density at radius 3 is 2.46 bits per heavy atom. The fraction of sp³-hybridized carbons (Fsp3) is 0.263. The summed E-state index contributed by atoms with van der Waals surface area (Å²) in [5, 5.41) is 9.04. The zero-order valence-electron chi connectivity index (χ0n) is 15.2. The molecule has 0 spiro atoms. The second kappa shape index (κ2) is 7.21. The Balaban J connectivity index is 1.76. The molecular formula is C19H20N4O2S. The van der Waals surface area contributed by atoms with Crippen molar-refractivity contribution in [2.45, 2.75) is 27.2 Å². The molecule has 0 radical (unpaired) electrons. The SMILES string of the molecule is CCc1ccc(-c2csc(NC(=O)C(=O)c3c(C)nn(C)c3C)n2)cc1. The molecule has 0 aliphatic heterocycles. The number of carbonyl (C=O) groups excluding carboxylic acids is 2. The van der Waals surface area contributed by atoms with Crippen molar-refractivity contribution in [2.75, 3.05) is 5.32 Å². The first-order valence-electron chi connectivity index (χ1n) is 8.31. The molecule has 2 aromatic heterocycles. The summed E-state index contributed by atoms with van der Waals surface area (Å²) < 4.78 is 1.59. The van der Waals surface area contributed by atoms with Gasteiger partial charge in [0.2, 0.25) is 0 Å². The molecule has 3 rings (SSSR count). The normalized spacial score (nSPS) is 10.8. The fourth-order valence-corrected chi connectivity index (χ4v) is 3.46. The molecule has 7 heteroatoms. The van der Waals surface area contributed by atoms with Crippen LogP contribution in [0.3, 0.4) is 0 Å². The molecule has 0 aliphatic rings. The number of nitrogens with one attached hydrogen (secondary N) is 1. The molecule has 1 amide bonds. The summed E-state index contributed by atoms with van der Waals surface area (Å²) in [6.45, 7) is 5.59. The standard InChI is InChI=1S/C19H20N4O2S/c1-5-13-6-8-14(9-7-13)15-10-26-19(20-15)21-18(25)17(24)16-11(2)22-23(4)12(16)3/h6-10H,5H2,1-4H3,(H,20,21,25). The summed E-state index contributed by atoms with van der Waals surface area (Å²) in [7, 11) is 1.74. The average Bonchev–Trinajstić information content (AvgIpc) is 3.19. The number of hydrogen-bond donors (Lipinski definition) is 1. The van der Waals surface area contributed by atoms with Gasteiger partial charge in [-0.05, 0) is 25.8 Å². The van der Waals surface area contributed by atoms with E-state index in [2.05, 4.69) is 34.5 Å². The summed E-state index contributed by atoms with van der Waals surface area (Å²) >= 11 is 1.29. The summed E-state index contributed by atoms with van der Waals surface area (Å²) in [6.07, 6.45) is 0.980. The van der Waals surface area contributed by atoms with Crippen LogP contribution in [-0.2, 0) is 18.3 Å². The predicted octanol–water partition coefficient (Wildman–Crippen LogP) is 3.54. The van der Waals surface area contributed by atoms with Gasteiger partial charge >= 0.3 is 0 Å². The van der Waals surface area contributed by atoms with Gasteiger partial charge in [-0.25, -0.2) is 4.98 Å². The molecule has 0 unspecified atom stereocenters. The molecule has 2 heterocycles. The van der Waals surface area contributed by atoms with Crippen molar-refractivity contribution in [1.82, 2.24) is 14.8 Å². The number of ketones is 1. The van der Waals surface area contributed by atoms with Gasteiger partial charge < -0.3 is 0 Å². The number of hydrogen-bond acceptors (Lipinski definition) is 5. The topological polar surface area (TPSA) is 76.9 Å². The van der Waals surface area contributed by atoms with Crippen LogP contribution in [0.15, 0.2) is 29.6 Å². The summed E-state index contributed by atoms with van der Waals surface area (Å²) in [6, 6.07) is 8.13. The monoisotopic (exact) mass is 368 g/mol. The van der Waals surface area contributed by atoms with E-state index < -0.39 is 11.7 Å². The molecule has 1 N–H and O–H groups in total. The van der Waals surface area contributed by atoms with Crippen LogP contribution in [0.25, 0.3) is 11.3 Å². The quantitative estimate of drug-likeness (QED) is 0.552. The molecular weight excluding hydrogens is 348 g/mol. The number of amides is 1. The number of rotatable bonds is 5. The van der Waals surface area contributed by atoms with Crippen molar-refractivity contribution in [3.63, 3.8) is 0 Å². The van der Waals surface area contributed by atoms with E-state index in [1.165, 1.54) is 16.9 Å². The van der Waals surface area contributed by atoms with Crippen molar-refractivity contribution in [3.8, 4) is 11.3 Å². The maximum atomic E-state index is 12.5. The largest absolute Gasteiger partial charge is 0.298 e. The van der Waals surface area contributed by atoms with Gasteiger partial charge in [-0.1, -0.05) is 31.2 Å². The Morgan fingerprint density at radius 1 is 1.19 bits per heavy atom. The van der Waals surface area contributed by atoms with E-state index in [-0.39, 0.29) is 0 Å². The lowest BCUT2D eigenvalue weighted by molar-refractivity contribution is -0.112. The van der Waals surface area contributed by atoms with Crippen LogP contribution in [0.2, 0.25) is 0 Å². The van der Waals surface area contributed by atoms with Gasteiger partial charge in [0.15, 0.2) is 5.13 Å². The van der Waals surface area contributed by atoms with Crippen molar-refractivity contribution in [2.24, 2.45) is 7.05 Å². The fourth-order valence-electron chi connectivity index (χ4n) is 2.74. The number of Topliss-reactive ketones (excluding diaryl/α,β-unsaturated/α-hetero) is 1. The lowest BCUT2D eigenvalue weighted by Gasteiger charge is -2.02. The molecule has 1 aromatic carbocycles. The average molecular weight is 368 g/mol. The Kier molecular flexibility index (Phi) is 4.99. The van der Waals surface area contributed by atoms with E-state index in [0.29, 0.717) is 22.1 Å². The lowest BCUT2D eigenvalue weighted by Crippen LogP contribution is -2.23. The highest BCUT2D eigenvalue weighted by atomic mass is 32.1. The van der Waals surface area contributed by atoms with Gasteiger partial charge in [-0.2, -0.15) is 5.10 Å². The summed E-state index contributed by atoms with van der Waals surface area (Å²) in [5.74, 6) is -1.30. The van der Waals surface area contributed by atoms with E-state index in [1.54, 1.807) is 25.6 Å². The van der Waals surface area contributed by atoms with E-state index >= 15 is 0 Å². The highest BCUT2D eigenvalue weighted by Crippen LogP contribution is 2.25. The first-order valence-corrected chi connectivity index (χ1v) is 9.19. The minimum atomic E-state index is -0.702. The summed E-state index contributed by atoms with van der Waals surface area (Å²) in [5.41, 5.74) is 4.56. The number of aromatic nitrogens is 3. The third-order valence-electron chi connectivity index (χ3n) is 4.32. The van der Waals surface area contributed by atoms with E-state index in [0.717, 1.165) is 17.7 Å². The van der Waals surface area contributed by atoms with Crippen LogP contribution in [0.5, 0.6) is 0 Å². The van der Waals surface area contributed by atoms with Crippen LogP contribution >= 0.6 is 11.3 Å². The molecule has 0 saturated heterocycles. The third kappa shape index (κ3) is 3.43. The molecule has 3 aromatic rings. The number of thiazole rings is 1. The number of aryl methyl sites for hydroxylation is 3. The number of carbonyl (C=O) groups is 2. The van der Waals surface area contributed by atoms with Gasteiger partial charge in [-0.3, -0.25) is 19.6 Å². The van der Waals surface area contributed by atoms with E-state index in [4.69, 9.17) is 0 Å². The number of nitrogens with zero attached hydrogens (tertiary/aromatic N) is 3. The minimum absolute atomic E-state index is 0.344. The Labute approximate surface area is 155 Å². The van der Waals surface area contributed by atoms with Crippen molar-refractivity contribution in [1.29, 1.82) is 0 Å². The predicted molar refractivity (Wildman–Crippen MR) is 103 cm³/mol. The third-order valence-corrected chi connectivity index (χ3v) is 5.08. The van der Waals surface area contributed by atoms with Crippen molar-refractivity contribution in [3.05, 3.63) is 52.2 Å². The van der Waals surface area contributed by atoms with Crippen LogP contribution < -0.4 is 5.32 Å². The number of anilines is 1. The Morgan fingerprint density at radius 2 is 1.88 bits per heavy atom. The Bertz CT molecular complexity index is 970. The first-order chi connectivity index (χ1) is 12.4. The number of benzene rings is 1. The highest BCUT2D eigenvalue weighted by molar-refractivity contribution is 7.14. The van der Waals surface area contributed by atoms with Crippen LogP contribution in [0.4, 0.5) is 5.13 Å². The zero-order chi connectivity index (χ0) is 18.8. The molecule has 134 valence electrons. The van der Waals surface area contributed by atoms with E-state index in [1.807, 2.05) is 17.5 Å². The molecule has 0 aliphatic carbocycles. The molecule has 0 saturated carbocycles. The van der Waals surface area contributed by atoms with Crippen LogP contribution in [-0.4, -0.2) is 26.5 Å². The van der Waals surface area contributed by atoms with Gasteiger partial charge in [0, 0.05) is 23.7 Å². The molecule has 0 fully saturated rings. The minimum Gasteiger partial charge on any atom is -0.295 e. The van der Waals surface area contributed by atoms with Crippen LogP contribution in [0, 0.1) is 13.8 Å². The highest BCUT2D eigenvalue weighted by Gasteiger charge is 2.24. The molecule has 26 heavy (non-hydrogen) atoms. The van der Waals surface area contributed by atoms with Gasteiger partial charge in [0.25, 0.3) is 11.7 Å². The zero-order valence-corrected chi connectivity index (χ0v) is 16.0. The first kappa shape index (κ1) is 18.0. The maximum absolute atomic E-state index is 12.5. The lowest BCUT2D eigenvalue weighted by atomic mass is 10.1. The second-order valence-corrected chi connectivity index (χ2v) is 6.90. The van der Waals surface area contributed by atoms with Crippen LogP contribution in [0.1, 0.15) is 34.2 Å². The van der Waals surface area contributed by atoms with Crippen molar-refractivity contribution < 1.29 is 9.59 Å². The maximum Gasteiger partial charge on any atom is 0.298 e. The van der Waals surface area contributed by atoms with Gasteiger partial charge in [0.1, 0.15) is 0 Å². The second-order valence-electron chi connectivity index (χ2n) is 6.04. The molecule has 0 atom stereocenters. The Hall–Kier alpha value is -2.80. The van der Waals surface area contributed by atoms with E-state index in [9.17, 15) is 9.59 Å². The summed E-state index contributed by atoms with van der Waals surface area (Å²) in [4.78, 5) is 29.2. The molecule has 0 bridgehead atoms. The van der Waals surface area contributed by atoms with Gasteiger partial charge in [0.05, 0.1) is 17.0 Å². The molecule has 6 nitrogen and oxygen atoms in total. The van der Waals surface area contributed by atoms with Crippen molar-refractivity contribution >= 4 is 28.2 Å².